The Bertz CT molecular complexity index is 759. The maximum atomic E-state index is 12.7. The number of Topliss-reactive ketones (excluding diaryl/α,β-unsaturated/α-hetero) is 1. The van der Waals surface area contributed by atoms with Crippen LogP contribution in [0.1, 0.15) is 35.2 Å². The van der Waals surface area contributed by atoms with Crippen molar-refractivity contribution in [3.8, 4) is 0 Å². The first-order chi connectivity index (χ1) is 11.6. The Morgan fingerprint density at radius 2 is 1.92 bits per heavy atom. The number of carbonyl (C=O) groups is 1. The molecule has 0 unspecified atom stereocenters. The number of halogens is 2. The Balaban J connectivity index is 0.00000225. The minimum absolute atomic E-state index is 0. The Morgan fingerprint density at radius 1 is 1.16 bits per heavy atom. The van der Waals surface area contributed by atoms with Crippen LogP contribution in [-0.2, 0) is 0 Å². The third kappa shape index (κ3) is 5.16. The molecule has 2 aromatic rings. The van der Waals surface area contributed by atoms with Gasteiger partial charge in [-0.3, -0.25) is 9.79 Å². The second kappa shape index (κ2) is 9.16. The van der Waals surface area contributed by atoms with Crippen molar-refractivity contribution >= 4 is 45.9 Å². The highest BCUT2D eigenvalue weighted by Crippen LogP contribution is 2.21. The molecule has 25 heavy (non-hydrogen) atoms. The number of aliphatic imine (C=N–C) groups is 1. The average Bonchev–Trinajstić information content (AvgIpc) is 2.61. The number of hydrogen-bond donors (Lipinski definition) is 0. The Hall–Kier alpha value is -1.65. The fourth-order valence-corrected chi connectivity index (χ4v) is 3.03. The van der Waals surface area contributed by atoms with E-state index in [1.165, 1.54) is 5.56 Å². The van der Waals surface area contributed by atoms with E-state index >= 15 is 0 Å². The number of ketones is 1. The lowest BCUT2D eigenvalue weighted by Crippen LogP contribution is -2.37. The van der Waals surface area contributed by atoms with Crippen LogP contribution >= 0.6 is 28.6 Å². The van der Waals surface area contributed by atoms with Gasteiger partial charge in [-0.15, -0.1) is 17.0 Å². The van der Waals surface area contributed by atoms with Crippen LogP contribution in [-0.4, -0.2) is 24.7 Å². The summed E-state index contributed by atoms with van der Waals surface area (Å²) in [5.41, 5.74) is 2.87. The molecule has 0 saturated carbocycles. The molecule has 0 N–H and O–H groups in total. The minimum Gasteiger partial charge on any atom is -0.322 e. The van der Waals surface area contributed by atoms with Crippen LogP contribution in [0.15, 0.2) is 53.5 Å². The smallest absolute Gasteiger partial charge is 0.182 e. The first-order valence-electron chi connectivity index (χ1n) is 8.30. The van der Waals surface area contributed by atoms with E-state index in [0.29, 0.717) is 17.1 Å². The van der Waals surface area contributed by atoms with Crippen molar-refractivity contribution in [1.82, 2.24) is 0 Å². The third-order valence-corrected chi connectivity index (χ3v) is 4.45. The van der Waals surface area contributed by atoms with E-state index < -0.39 is 0 Å². The van der Waals surface area contributed by atoms with Crippen LogP contribution in [0, 0.1) is 6.92 Å². The van der Waals surface area contributed by atoms with Gasteiger partial charge in [-0.05, 0) is 61.7 Å². The van der Waals surface area contributed by atoms with Gasteiger partial charge in [0.05, 0.1) is 6.54 Å². The molecule has 0 atom stereocenters. The summed E-state index contributed by atoms with van der Waals surface area (Å²) in [5.74, 6) is 1.08. The van der Waals surface area contributed by atoms with Gasteiger partial charge in [0.1, 0.15) is 5.84 Å². The van der Waals surface area contributed by atoms with Gasteiger partial charge in [0.2, 0.25) is 0 Å². The molecule has 1 aliphatic heterocycles. The van der Waals surface area contributed by atoms with Crippen molar-refractivity contribution in [1.29, 1.82) is 0 Å². The molecule has 0 bridgehead atoms. The van der Waals surface area contributed by atoms with Gasteiger partial charge in [0.15, 0.2) is 5.78 Å². The molecule has 3 rings (SSSR count). The SMILES string of the molecule is Br.Cc1cccc(N(CC(=O)c2ccc(Cl)cc2)C2=NCCCC2)c1. The molecule has 3 nitrogen and oxygen atoms in total. The summed E-state index contributed by atoms with van der Waals surface area (Å²) in [5, 5.41) is 0.638. The van der Waals surface area contributed by atoms with E-state index in [9.17, 15) is 4.79 Å². The Kier molecular flexibility index (Phi) is 7.21. The molecule has 0 saturated heterocycles. The van der Waals surface area contributed by atoms with Crippen LogP contribution < -0.4 is 4.90 Å². The van der Waals surface area contributed by atoms with Crippen molar-refractivity contribution in [2.24, 2.45) is 4.99 Å². The maximum Gasteiger partial charge on any atom is 0.182 e. The lowest BCUT2D eigenvalue weighted by molar-refractivity contribution is 0.100. The zero-order chi connectivity index (χ0) is 16.9. The number of aryl methyl sites for hydroxylation is 1. The largest absolute Gasteiger partial charge is 0.322 e. The fourth-order valence-electron chi connectivity index (χ4n) is 2.90. The van der Waals surface area contributed by atoms with Crippen molar-refractivity contribution in [3.05, 3.63) is 64.7 Å². The minimum atomic E-state index is 0. The van der Waals surface area contributed by atoms with Gasteiger partial charge < -0.3 is 4.90 Å². The molecule has 0 radical (unpaired) electrons. The van der Waals surface area contributed by atoms with Crippen LogP contribution in [0.25, 0.3) is 0 Å². The topological polar surface area (TPSA) is 32.7 Å². The number of carbonyl (C=O) groups excluding carboxylic acids is 1. The summed E-state index contributed by atoms with van der Waals surface area (Å²) < 4.78 is 0. The average molecular weight is 422 g/mol. The van der Waals surface area contributed by atoms with Crippen molar-refractivity contribution in [2.45, 2.75) is 26.2 Å². The molecule has 0 spiro atoms. The molecule has 2 aromatic carbocycles. The van der Waals surface area contributed by atoms with E-state index in [-0.39, 0.29) is 22.8 Å². The fraction of sp³-hybridized carbons (Fsp3) is 0.300. The molecule has 0 aliphatic carbocycles. The van der Waals surface area contributed by atoms with E-state index in [4.69, 9.17) is 11.6 Å². The normalized spacial score (nSPS) is 13.6. The van der Waals surface area contributed by atoms with Crippen LogP contribution in [0.3, 0.4) is 0 Å². The summed E-state index contributed by atoms with van der Waals surface area (Å²) in [7, 11) is 0. The molecule has 5 heteroatoms. The molecule has 1 aliphatic rings. The van der Waals surface area contributed by atoms with E-state index in [1.54, 1.807) is 24.3 Å². The molecule has 0 fully saturated rings. The van der Waals surface area contributed by atoms with Crippen LogP contribution in [0.2, 0.25) is 5.02 Å². The van der Waals surface area contributed by atoms with Gasteiger partial charge >= 0.3 is 0 Å². The summed E-state index contributed by atoms with van der Waals surface area (Å²) >= 11 is 5.92. The van der Waals surface area contributed by atoms with Crippen LogP contribution in [0.4, 0.5) is 5.69 Å². The van der Waals surface area contributed by atoms with Crippen LogP contribution in [0.5, 0.6) is 0 Å². The molecule has 0 amide bonds. The zero-order valence-electron chi connectivity index (χ0n) is 14.2. The number of amidine groups is 1. The van der Waals surface area contributed by atoms with Crippen molar-refractivity contribution in [2.75, 3.05) is 18.0 Å². The van der Waals surface area contributed by atoms with E-state index in [1.807, 2.05) is 12.1 Å². The quantitative estimate of drug-likeness (QED) is 0.611. The third-order valence-electron chi connectivity index (χ3n) is 4.20. The second-order valence-corrected chi connectivity index (χ2v) is 6.55. The summed E-state index contributed by atoms with van der Waals surface area (Å²) in [6.07, 6.45) is 3.16. The van der Waals surface area contributed by atoms with E-state index in [2.05, 4.69) is 28.9 Å². The molecule has 0 aromatic heterocycles. The Labute approximate surface area is 164 Å². The summed E-state index contributed by atoms with van der Waals surface area (Å²) in [6.45, 7) is 3.20. The van der Waals surface area contributed by atoms with Crippen molar-refractivity contribution in [3.63, 3.8) is 0 Å². The highest BCUT2D eigenvalue weighted by molar-refractivity contribution is 8.93. The first kappa shape index (κ1) is 19.7. The van der Waals surface area contributed by atoms with Gasteiger partial charge in [-0.25, -0.2) is 0 Å². The number of rotatable bonds is 4. The predicted molar refractivity (Wildman–Crippen MR) is 111 cm³/mol. The summed E-state index contributed by atoms with van der Waals surface area (Å²) in [4.78, 5) is 19.5. The summed E-state index contributed by atoms with van der Waals surface area (Å²) in [6, 6.07) is 15.3. The second-order valence-electron chi connectivity index (χ2n) is 6.11. The van der Waals surface area contributed by atoms with Gasteiger partial charge in [-0.1, -0.05) is 23.7 Å². The monoisotopic (exact) mass is 420 g/mol. The molecular weight excluding hydrogens is 400 g/mol. The molecule has 132 valence electrons. The highest BCUT2D eigenvalue weighted by atomic mass is 79.9. The Morgan fingerprint density at radius 3 is 2.56 bits per heavy atom. The first-order valence-corrected chi connectivity index (χ1v) is 8.67. The zero-order valence-corrected chi connectivity index (χ0v) is 16.7. The lowest BCUT2D eigenvalue weighted by Gasteiger charge is -2.28. The molecule has 1 heterocycles. The standard InChI is InChI=1S/C20H21ClN2O.BrH/c1-15-5-4-6-18(13-15)23(20-7-2-3-12-22-20)14-19(24)16-8-10-17(21)11-9-16;/h4-6,8-11,13H,2-3,7,12,14H2,1H3;1H. The number of benzene rings is 2. The maximum absolute atomic E-state index is 12.7. The number of nitrogens with zero attached hydrogens (tertiary/aromatic N) is 2. The highest BCUT2D eigenvalue weighted by Gasteiger charge is 2.20. The number of hydrogen-bond acceptors (Lipinski definition) is 3. The predicted octanol–water partition coefficient (Wildman–Crippen LogP) is 5.50. The molecular formula is C20H22BrClN2O. The van der Waals surface area contributed by atoms with Crippen molar-refractivity contribution < 1.29 is 4.79 Å². The van der Waals surface area contributed by atoms with Gasteiger partial charge in [-0.2, -0.15) is 0 Å². The van der Waals surface area contributed by atoms with E-state index in [0.717, 1.165) is 37.3 Å². The number of anilines is 1. The van der Waals surface area contributed by atoms with Gasteiger partial charge in [0, 0.05) is 29.2 Å². The lowest BCUT2D eigenvalue weighted by atomic mass is 10.1. The van der Waals surface area contributed by atoms with Gasteiger partial charge in [0.25, 0.3) is 0 Å².